The van der Waals surface area contributed by atoms with Crippen molar-refractivity contribution in [3.63, 3.8) is 0 Å². The van der Waals surface area contributed by atoms with Crippen molar-refractivity contribution in [3.8, 4) is 6.07 Å². The Hall–Kier alpha value is -2.80. The Bertz CT molecular complexity index is 1160. The van der Waals surface area contributed by atoms with Gasteiger partial charge in [-0.2, -0.15) is 14.9 Å². The predicted octanol–water partition coefficient (Wildman–Crippen LogP) is 3.26. The first-order chi connectivity index (χ1) is 15.6. The van der Waals surface area contributed by atoms with E-state index in [4.69, 9.17) is 0 Å². The smallest absolute Gasteiger partial charge is 0.177 e. The van der Waals surface area contributed by atoms with Crippen LogP contribution in [0.15, 0.2) is 30.5 Å². The lowest BCUT2D eigenvalue weighted by Gasteiger charge is -2.25. The van der Waals surface area contributed by atoms with Crippen LogP contribution in [-0.2, 0) is 16.9 Å². The monoisotopic (exact) mass is 449 g/mol. The maximum absolute atomic E-state index is 12.1. The SMILES string of the molecule is C[S+]([O-])Cc1cc(Nc2cc(NC3CC3)n3ncc(C#N)c3n2)ccc1C1CCCNC1. The number of rotatable bonds is 7. The summed E-state index contributed by atoms with van der Waals surface area (Å²) < 4.78 is 13.8. The summed E-state index contributed by atoms with van der Waals surface area (Å²) in [4.78, 5) is 4.65. The lowest BCUT2D eigenvalue weighted by Crippen LogP contribution is -2.29. The molecule has 2 fully saturated rings. The van der Waals surface area contributed by atoms with Gasteiger partial charge in [-0.1, -0.05) is 17.2 Å². The molecule has 3 aromatic rings. The van der Waals surface area contributed by atoms with Crippen LogP contribution in [0.1, 0.15) is 48.3 Å². The van der Waals surface area contributed by atoms with Crippen molar-refractivity contribution < 1.29 is 4.55 Å². The number of hydrogen-bond donors (Lipinski definition) is 3. The minimum atomic E-state index is -0.928. The number of nitrogens with one attached hydrogen (secondary N) is 3. The summed E-state index contributed by atoms with van der Waals surface area (Å²) in [6.45, 7) is 2.03. The van der Waals surface area contributed by atoms with E-state index in [1.807, 2.05) is 6.07 Å². The molecule has 9 heteroatoms. The average molecular weight is 450 g/mol. The van der Waals surface area contributed by atoms with Crippen molar-refractivity contribution in [2.45, 2.75) is 43.4 Å². The summed E-state index contributed by atoms with van der Waals surface area (Å²) in [5, 5.41) is 24.1. The zero-order valence-corrected chi connectivity index (χ0v) is 18.9. The third-order valence-electron chi connectivity index (χ3n) is 6.03. The van der Waals surface area contributed by atoms with Gasteiger partial charge in [0.05, 0.1) is 12.5 Å². The van der Waals surface area contributed by atoms with Crippen molar-refractivity contribution in [3.05, 3.63) is 47.2 Å². The molecule has 1 aliphatic carbocycles. The quantitative estimate of drug-likeness (QED) is 0.475. The second-order valence-corrected chi connectivity index (χ2v) is 10.1. The summed E-state index contributed by atoms with van der Waals surface area (Å²) in [6, 6.07) is 10.8. The molecular formula is C23H27N7OS. The molecule has 2 atom stereocenters. The molecule has 1 saturated carbocycles. The topological polar surface area (TPSA) is 113 Å². The van der Waals surface area contributed by atoms with Gasteiger partial charge in [0.25, 0.3) is 0 Å². The Labute approximate surface area is 190 Å². The molecule has 0 spiro atoms. The molecule has 2 aromatic heterocycles. The molecule has 1 aromatic carbocycles. The van der Waals surface area contributed by atoms with Gasteiger partial charge in [0.1, 0.15) is 29.0 Å². The summed E-state index contributed by atoms with van der Waals surface area (Å²) in [6.07, 6.45) is 7.87. The number of piperidine rings is 1. The normalized spacial score (nSPS) is 19.5. The van der Waals surface area contributed by atoms with E-state index in [1.165, 1.54) is 5.56 Å². The molecule has 0 radical (unpaired) electrons. The number of benzene rings is 1. The first kappa shape index (κ1) is 21.1. The van der Waals surface area contributed by atoms with Crippen LogP contribution >= 0.6 is 0 Å². The van der Waals surface area contributed by atoms with Crippen molar-refractivity contribution in [1.29, 1.82) is 5.26 Å². The Morgan fingerprint density at radius 2 is 2.19 bits per heavy atom. The highest BCUT2D eigenvalue weighted by Crippen LogP contribution is 2.31. The fraction of sp³-hybridized carbons (Fsp3) is 0.435. The Balaban J connectivity index is 1.48. The highest BCUT2D eigenvalue weighted by Gasteiger charge is 2.24. The summed E-state index contributed by atoms with van der Waals surface area (Å²) in [5.41, 5.74) is 4.25. The lowest BCUT2D eigenvalue weighted by molar-refractivity contribution is 0.460. The predicted molar refractivity (Wildman–Crippen MR) is 127 cm³/mol. The van der Waals surface area contributed by atoms with E-state index < -0.39 is 11.2 Å². The van der Waals surface area contributed by atoms with Crippen LogP contribution in [0.2, 0.25) is 0 Å². The van der Waals surface area contributed by atoms with Crippen LogP contribution in [0.5, 0.6) is 0 Å². The van der Waals surface area contributed by atoms with E-state index in [-0.39, 0.29) is 0 Å². The zero-order valence-electron chi connectivity index (χ0n) is 18.1. The van der Waals surface area contributed by atoms with E-state index in [0.29, 0.717) is 34.7 Å². The molecule has 1 aliphatic heterocycles. The molecule has 8 nitrogen and oxygen atoms in total. The molecule has 2 aliphatic rings. The van der Waals surface area contributed by atoms with Crippen molar-refractivity contribution in [1.82, 2.24) is 19.9 Å². The largest absolute Gasteiger partial charge is 0.616 e. The van der Waals surface area contributed by atoms with Gasteiger partial charge in [-0.05, 0) is 55.8 Å². The first-order valence-electron chi connectivity index (χ1n) is 11.1. The molecule has 2 unspecified atom stereocenters. The second kappa shape index (κ2) is 8.98. The Kier molecular flexibility index (Phi) is 5.91. The van der Waals surface area contributed by atoms with Gasteiger partial charge in [0, 0.05) is 29.9 Å². The number of hydrogen-bond acceptors (Lipinski definition) is 7. The third-order valence-corrected chi connectivity index (χ3v) is 6.75. The summed E-state index contributed by atoms with van der Waals surface area (Å²) in [5.74, 6) is 2.45. The summed E-state index contributed by atoms with van der Waals surface area (Å²) >= 11 is -0.928. The molecule has 0 amide bonds. The highest BCUT2D eigenvalue weighted by molar-refractivity contribution is 7.89. The third kappa shape index (κ3) is 4.53. The maximum atomic E-state index is 12.1. The van der Waals surface area contributed by atoms with Crippen LogP contribution in [-0.4, -0.2) is 44.5 Å². The van der Waals surface area contributed by atoms with E-state index in [1.54, 1.807) is 17.0 Å². The van der Waals surface area contributed by atoms with Gasteiger partial charge in [0.15, 0.2) is 5.65 Å². The average Bonchev–Trinajstić information content (AvgIpc) is 3.50. The van der Waals surface area contributed by atoms with Crippen molar-refractivity contribution in [2.24, 2.45) is 0 Å². The fourth-order valence-corrected chi connectivity index (χ4v) is 5.02. The first-order valence-corrected chi connectivity index (χ1v) is 12.8. The fourth-order valence-electron chi connectivity index (χ4n) is 4.34. The molecule has 166 valence electrons. The number of nitrogens with zero attached hydrogens (tertiary/aromatic N) is 4. The van der Waals surface area contributed by atoms with Gasteiger partial charge in [-0.15, -0.1) is 0 Å². The lowest BCUT2D eigenvalue weighted by atomic mass is 9.88. The molecule has 3 N–H and O–H groups in total. The van der Waals surface area contributed by atoms with Gasteiger partial charge in [0.2, 0.25) is 0 Å². The van der Waals surface area contributed by atoms with Crippen LogP contribution in [0.25, 0.3) is 5.65 Å². The van der Waals surface area contributed by atoms with E-state index in [9.17, 15) is 9.81 Å². The maximum Gasteiger partial charge on any atom is 0.177 e. The molecule has 5 rings (SSSR count). The minimum absolute atomic E-state index is 0.440. The molecule has 0 bridgehead atoms. The molecular weight excluding hydrogens is 422 g/mol. The standard InChI is InChI=1S/C23H27N7OS/c1-32(31)14-16-9-19(6-7-20(16)15-3-2-8-25-12-15)27-21-10-22(28-18-4-5-18)30-23(29-21)17(11-24)13-26-30/h6-7,9-10,13,15,18,25,28H,2-5,8,12,14H2,1H3,(H,27,29). The van der Waals surface area contributed by atoms with E-state index in [2.05, 4.69) is 50.3 Å². The number of aromatic nitrogens is 3. The van der Waals surface area contributed by atoms with Crippen molar-refractivity contribution >= 4 is 34.1 Å². The van der Waals surface area contributed by atoms with E-state index >= 15 is 0 Å². The highest BCUT2D eigenvalue weighted by atomic mass is 32.2. The zero-order chi connectivity index (χ0) is 22.1. The number of nitriles is 1. The van der Waals surface area contributed by atoms with Crippen LogP contribution in [0.3, 0.4) is 0 Å². The van der Waals surface area contributed by atoms with Crippen molar-refractivity contribution in [2.75, 3.05) is 30.0 Å². The molecule has 1 saturated heterocycles. The van der Waals surface area contributed by atoms with E-state index in [0.717, 1.165) is 55.8 Å². The number of anilines is 3. The second-order valence-electron chi connectivity index (χ2n) is 8.65. The number of fused-ring (bicyclic) bond motifs is 1. The Morgan fingerprint density at radius 3 is 2.91 bits per heavy atom. The van der Waals surface area contributed by atoms with Gasteiger partial charge in [-0.25, -0.2) is 4.98 Å². The molecule has 32 heavy (non-hydrogen) atoms. The molecule has 3 heterocycles. The minimum Gasteiger partial charge on any atom is -0.616 e. The van der Waals surface area contributed by atoms with Gasteiger partial charge >= 0.3 is 0 Å². The van der Waals surface area contributed by atoms with Crippen LogP contribution in [0, 0.1) is 11.3 Å². The van der Waals surface area contributed by atoms with Gasteiger partial charge in [-0.3, -0.25) is 0 Å². The van der Waals surface area contributed by atoms with Crippen LogP contribution in [0.4, 0.5) is 17.3 Å². The Morgan fingerprint density at radius 1 is 1.31 bits per heavy atom. The van der Waals surface area contributed by atoms with Gasteiger partial charge < -0.3 is 20.5 Å². The summed E-state index contributed by atoms with van der Waals surface area (Å²) in [7, 11) is 0. The van der Waals surface area contributed by atoms with Crippen LogP contribution < -0.4 is 16.0 Å².